The molecule has 0 bridgehead atoms. The fraction of sp³-hybridized carbons (Fsp3) is 0.857. The van der Waals surface area contributed by atoms with E-state index in [0.29, 0.717) is 12.3 Å². The lowest BCUT2D eigenvalue weighted by molar-refractivity contribution is -0.140. The lowest BCUT2D eigenvalue weighted by Gasteiger charge is -2.06. The first-order valence-electron chi connectivity index (χ1n) is 3.50. The largest absolute Gasteiger partial charge is 0.480 e. The summed E-state index contributed by atoms with van der Waals surface area (Å²) in [5.74, 6) is -0.280. The number of rotatable bonds is 2. The van der Waals surface area contributed by atoms with Crippen LogP contribution in [0.2, 0.25) is 0 Å². The summed E-state index contributed by atoms with van der Waals surface area (Å²) in [7, 11) is 0. The molecule has 0 radical (unpaired) electrons. The highest BCUT2D eigenvalue weighted by molar-refractivity contribution is 5.82. The van der Waals surface area contributed by atoms with E-state index in [1.807, 2.05) is 13.8 Å². The van der Waals surface area contributed by atoms with E-state index in [1.165, 1.54) is 0 Å². The van der Waals surface area contributed by atoms with Gasteiger partial charge in [-0.2, -0.15) is 0 Å². The smallest absolute Gasteiger partial charge is 0.323 e. The third kappa shape index (κ3) is 0.904. The first kappa shape index (κ1) is 7.54. The summed E-state index contributed by atoms with van der Waals surface area (Å²) in [4.78, 5) is 10.5. The molecule has 3 heteroatoms. The van der Waals surface area contributed by atoms with Gasteiger partial charge in [0.05, 0.1) is 0 Å². The minimum absolute atomic E-state index is 0.185. The van der Waals surface area contributed by atoms with Crippen LogP contribution < -0.4 is 5.73 Å². The van der Waals surface area contributed by atoms with Crippen LogP contribution in [0.4, 0.5) is 0 Å². The third-order valence-corrected chi connectivity index (χ3v) is 2.26. The van der Waals surface area contributed by atoms with Gasteiger partial charge in [-0.15, -0.1) is 0 Å². The van der Waals surface area contributed by atoms with Crippen LogP contribution in [0.25, 0.3) is 0 Å². The van der Waals surface area contributed by atoms with Gasteiger partial charge in [-0.1, -0.05) is 13.8 Å². The van der Waals surface area contributed by atoms with Gasteiger partial charge in [0.1, 0.15) is 5.54 Å². The van der Waals surface area contributed by atoms with E-state index in [2.05, 4.69) is 0 Å². The van der Waals surface area contributed by atoms with E-state index in [-0.39, 0.29) is 5.92 Å². The molecule has 0 heterocycles. The molecule has 0 aromatic rings. The normalized spacial score (nSPS) is 38.2. The van der Waals surface area contributed by atoms with Crippen LogP contribution in [0.15, 0.2) is 0 Å². The summed E-state index contributed by atoms with van der Waals surface area (Å²) >= 11 is 0. The summed E-state index contributed by atoms with van der Waals surface area (Å²) in [5, 5.41) is 8.61. The van der Waals surface area contributed by atoms with Gasteiger partial charge in [-0.3, -0.25) is 4.79 Å². The number of carboxylic acids is 1. The molecule has 3 nitrogen and oxygen atoms in total. The highest BCUT2D eigenvalue weighted by atomic mass is 16.4. The first-order chi connectivity index (χ1) is 4.48. The zero-order valence-corrected chi connectivity index (χ0v) is 6.29. The molecule has 1 aliphatic carbocycles. The van der Waals surface area contributed by atoms with Gasteiger partial charge >= 0.3 is 5.97 Å². The molecule has 0 aliphatic heterocycles. The monoisotopic (exact) mass is 143 g/mol. The average Bonchev–Trinajstić information content (AvgIpc) is 2.43. The Bertz CT molecular complexity index is 167. The molecule has 10 heavy (non-hydrogen) atoms. The molecule has 0 amide bonds. The van der Waals surface area contributed by atoms with Gasteiger partial charge in [0.25, 0.3) is 0 Å². The van der Waals surface area contributed by atoms with Gasteiger partial charge in [0, 0.05) is 0 Å². The van der Waals surface area contributed by atoms with Crippen molar-refractivity contribution in [2.75, 3.05) is 0 Å². The summed E-state index contributed by atoms with van der Waals surface area (Å²) in [5.41, 5.74) is 4.64. The van der Waals surface area contributed by atoms with Crippen LogP contribution in [-0.4, -0.2) is 16.6 Å². The zero-order chi connectivity index (χ0) is 7.94. The van der Waals surface area contributed by atoms with E-state index in [1.54, 1.807) is 0 Å². The van der Waals surface area contributed by atoms with Crippen LogP contribution in [0.1, 0.15) is 20.3 Å². The summed E-state index contributed by atoms with van der Waals surface area (Å²) in [6.07, 6.45) is 0.639. The van der Waals surface area contributed by atoms with Crippen molar-refractivity contribution in [2.45, 2.75) is 25.8 Å². The highest BCUT2D eigenvalue weighted by Crippen LogP contribution is 2.46. The Morgan fingerprint density at radius 2 is 2.30 bits per heavy atom. The second kappa shape index (κ2) is 1.95. The van der Waals surface area contributed by atoms with E-state index >= 15 is 0 Å². The summed E-state index contributed by atoms with van der Waals surface area (Å²) in [6.45, 7) is 4.00. The predicted octanol–water partition coefficient (Wildman–Crippen LogP) is 0.444. The van der Waals surface area contributed by atoms with Crippen LogP contribution in [-0.2, 0) is 4.79 Å². The van der Waals surface area contributed by atoms with Gasteiger partial charge in [0.2, 0.25) is 0 Å². The van der Waals surface area contributed by atoms with Crippen molar-refractivity contribution in [1.29, 1.82) is 0 Å². The first-order valence-corrected chi connectivity index (χ1v) is 3.50. The van der Waals surface area contributed by atoms with E-state index in [9.17, 15) is 4.79 Å². The SMILES string of the molecule is CC(C)C1C[C@@]1(N)C(=O)O. The molecule has 2 atom stereocenters. The molecule has 0 saturated heterocycles. The van der Waals surface area contributed by atoms with Crippen LogP contribution in [0.5, 0.6) is 0 Å². The maximum absolute atomic E-state index is 10.5. The van der Waals surface area contributed by atoms with Crippen molar-refractivity contribution in [3.63, 3.8) is 0 Å². The Labute approximate surface area is 60.2 Å². The quantitative estimate of drug-likeness (QED) is 0.589. The Morgan fingerprint density at radius 3 is 2.40 bits per heavy atom. The number of hydrogen-bond acceptors (Lipinski definition) is 2. The Hall–Kier alpha value is -0.570. The van der Waals surface area contributed by atoms with Gasteiger partial charge < -0.3 is 10.8 Å². The average molecular weight is 143 g/mol. The van der Waals surface area contributed by atoms with Crippen molar-refractivity contribution in [3.05, 3.63) is 0 Å². The molecule has 1 saturated carbocycles. The van der Waals surface area contributed by atoms with E-state index < -0.39 is 11.5 Å². The predicted molar refractivity (Wildman–Crippen MR) is 37.5 cm³/mol. The lowest BCUT2D eigenvalue weighted by Crippen LogP contribution is -2.36. The van der Waals surface area contributed by atoms with Crippen molar-refractivity contribution >= 4 is 5.97 Å². The molecule has 1 rings (SSSR count). The summed E-state index contributed by atoms with van der Waals surface area (Å²) in [6, 6.07) is 0. The topological polar surface area (TPSA) is 63.3 Å². The van der Waals surface area contributed by atoms with Crippen molar-refractivity contribution in [3.8, 4) is 0 Å². The van der Waals surface area contributed by atoms with Crippen LogP contribution in [0.3, 0.4) is 0 Å². The lowest BCUT2D eigenvalue weighted by atomic mass is 10.1. The number of nitrogens with two attached hydrogens (primary N) is 1. The molecule has 1 unspecified atom stereocenters. The zero-order valence-electron chi connectivity index (χ0n) is 6.29. The molecule has 1 aliphatic rings. The van der Waals surface area contributed by atoms with Crippen LogP contribution >= 0.6 is 0 Å². The number of aliphatic carboxylic acids is 1. The number of hydrogen-bond donors (Lipinski definition) is 2. The van der Waals surface area contributed by atoms with E-state index in [4.69, 9.17) is 10.8 Å². The molecular formula is C7H13NO2. The second-order valence-electron chi connectivity index (χ2n) is 3.40. The van der Waals surface area contributed by atoms with Gasteiger partial charge in [-0.05, 0) is 18.3 Å². The number of carboxylic acid groups (broad SMARTS) is 1. The van der Waals surface area contributed by atoms with Crippen molar-refractivity contribution in [1.82, 2.24) is 0 Å². The molecule has 0 aromatic carbocycles. The maximum atomic E-state index is 10.5. The third-order valence-electron chi connectivity index (χ3n) is 2.26. The molecular weight excluding hydrogens is 130 g/mol. The molecule has 58 valence electrons. The highest BCUT2D eigenvalue weighted by Gasteiger charge is 2.58. The summed E-state index contributed by atoms with van der Waals surface area (Å²) < 4.78 is 0. The van der Waals surface area contributed by atoms with Gasteiger partial charge in [-0.25, -0.2) is 0 Å². The Balaban J connectivity index is 2.56. The maximum Gasteiger partial charge on any atom is 0.323 e. The van der Waals surface area contributed by atoms with Crippen molar-refractivity contribution < 1.29 is 9.90 Å². The molecule has 1 fully saturated rings. The minimum Gasteiger partial charge on any atom is -0.480 e. The fourth-order valence-corrected chi connectivity index (χ4v) is 1.38. The standard InChI is InChI=1S/C7H13NO2/c1-4(2)5-3-7(5,8)6(9)10/h4-5H,3,8H2,1-2H3,(H,9,10)/t5?,7-/m0/s1. The Kier molecular flexibility index (Phi) is 1.47. The molecule has 0 spiro atoms. The van der Waals surface area contributed by atoms with Crippen molar-refractivity contribution in [2.24, 2.45) is 17.6 Å². The van der Waals surface area contributed by atoms with Gasteiger partial charge in [0.15, 0.2) is 0 Å². The molecule has 3 N–H and O–H groups in total. The van der Waals surface area contributed by atoms with E-state index in [0.717, 1.165) is 0 Å². The second-order valence-corrected chi connectivity index (χ2v) is 3.40. The Morgan fingerprint density at radius 1 is 1.80 bits per heavy atom. The minimum atomic E-state index is -0.895. The molecule has 0 aromatic heterocycles. The fourth-order valence-electron chi connectivity index (χ4n) is 1.38. The van der Waals surface area contributed by atoms with Crippen LogP contribution in [0, 0.1) is 11.8 Å². The number of carbonyl (C=O) groups is 1.